The molecule has 0 amide bonds. The normalized spacial score (nSPS) is 35.8. The van der Waals surface area contributed by atoms with Crippen molar-refractivity contribution in [3.05, 3.63) is 24.0 Å². The van der Waals surface area contributed by atoms with Crippen LogP contribution in [0.25, 0.3) is 0 Å². The van der Waals surface area contributed by atoms with E-state index in [1.807, 2.05) is 18.5 Å². The van der Waals surface area contributed by atoms with Crippen LogP contribution in [0.3, 0.4) is 0 Å². The molecule has 1 N–H and O–H groups in total. The van der Waals surface area contributed by atoms with Crippen LogP contribution < -0.4 is 0 Å². The fraction of sp³-hybridized carbons (Fsp3) is 0.545. The molecule has 2 fully saturated rings. The van der Waals surface area contributed by atoms with Crippen LogP contribution in [-0.2, 0) is 0 Å². The van der Waals surface area contributed by atoms with E-state index in [1.165, 1.54) is 19.3 Å². The second-order valence-corrected chi connectivity index (χ2v) is 4.25. The highest BCUT2D eigenvalue weighted by Crippen LogP contribution is 2.58. The van der Waals surface area contributed by atoms with Gasteiger partial charge in [0, 0.05) is 23.9 Å². The van der Waals surface area contributed by atoms with Gasteiger partial charge in [-0.2, -0.15) is 0 Å². The average Bonchev–Trinajstić information content (AvgIpc) is 2.68. The molecular weight excluding hydrogens is 162 g/mol. The van der Waals surface area contributed by atoms with Gasteiger partial charge in [-0.1, -0.05) is 6.42 Å². The molecule has 0 radical (unpaired) electrons. The van der Waals surface area contributed by atoms with Crippen LogP contribution in [0.2, 0.25) is 0 Å². The summed E-state index contributed by atoms with van der Waals surface area (Å²) in [6.45, 7) is 0. The topological polar surface area (TPSA) is 32.9 Å². The number of fused-ring (bicyclic) bond motifs is 1. The van der Waals surface area contributed by atoms with Gasteiger partial charge < -0.3 is 4.98 Å². The number of rotatable bonds is 2. The lowest BCUT2D eigenvalue weighted by Gasteiger charge is -1.99. The van der Waals surface area contributed by atoms with Gasteiger partial charge in [-0.05, 0) is 30.7 Å². The Kier molecular flexibility index (Phi) is 1.40. The number of carbonyl (C=O) groups is 1. The maximum Gasteiger partial charge on any atom is 0.168 e. The maximum atomic E-state index is 11.9. The van der Waals surface area contributed by atoms with Crippen molar-refractivity contribution in [3.63, 3.8) is 0 Å². The molecule has 2 nitrogen and oxygen atoms in total. The Labute approximate surface area is 77.3 Å². The van der Waals surface area contributed by atoms with Crippen molar-refractivity contribution in [2.75, 3.05) is 0 Å². The zero-order valence-corrected chi connectivity index (χ0v) is 7.49. The van der Waals surface area contributed by atoms with Crippen molar-refractivity contribution in [2.24, 2.45) is 17.8 Å². The molecule has 0 aliphatic heterocycles. The first-order valence-electron chi connectivity index (χ1n) is 5.05. The predicted octanol–water partition coefficient (Wildman–Crippen LogP) is 2.24. The van der Waals surface area contributed by atoms with Crippen LogP contribution in [0, 0.1) is 17.8 Å². The second kappa shape index (κ2) is 2.47. The Morgan fingerprint density at radius 2 is 2.15 bits per heavy atom. The van der Waals surface area contributed by atoms with E-state index in [0.29, 0.717) is 11.7 Å². The minimum Gasteiger partial charge on any atom is -0.367 e. The van der Waals surface area contributed by atoms with Crippen LogP contribution >= 0.6 is 0 Å². The Morgan fingerprint density at radius 1 is 1.38 bits per heavy atom. The smallest absolute Gasteiger partial charge is 0.168 e. The third kappa shape index (κ3) is 0.978. The van der Waals surface area contributed by atoms with Crippen molar-refractivity contribution in [1.29, 1.82) is 0 Å². The highest BCUT2D eigenvalue weighted by Gasteiger charge is 2.56. The van der Waals surface area contributed by atoms with Gasteiger partial charge in [0.2, 0.25) is 0 Å². The Morgan fingerprint density at radius 3 is 2.77 bits per heavy atom. The number of ketones is 1. The van der Waals surface area contributed by atoms with Crippen LogP contribution in [0.15, 0.2) is 18.5 Å². The van der Waals surface area contributed by atoms with E-state index >= 15 is 0 Å². The Balaban J connectivity index is 1.78. The zero-order valence-electron chi connectivity index (χ0n) is 7.49. The summed E-state index contributed by atoms with van der Waals surface area (Å²) in [6, 6.07) is 1.89. The second-order valence-electron chi connectivity index (χ2n) is 4.25. The zero-order chi connectivity index (χ0) is 8.84. The number of aromatic nitrogens is 1. The van der Waals surface area contributed by atoms with E-state index in [-0.39, 0.29) is 0 Å². The molecular formula is C11H13NO. The number of aromatic amines is 1. The van der Waals surface area contributed by atoms with Gasteiger partial charge in [-0.3, -0.25) is 4.79 Å². The number of nitrogens with one attached hydrogen (secondary N) is 1. The molecule has 0 bridgehead atoms. The molecule has 1 aromatic heterocycles. The third-order valence-electron chi connectivity index (χ3n) is 3.59. The Hall–Kier alpha value is -1.05. The molecule has 1 aromatic rings. The first-order valence-corrected chi connectivity index (χ1v) is 5.05. The average molecular weight is 175 g/mol. The van der Waals surface area contributed by atoms with Crippen molar-refractivity contribution >= 4 is 5.78 Å². The summed E-state index contributed by atoms with van der Waals surface area (Å²) in [5, 5.41) is 0. The van der Waals surface area contributed by atoms with Gasteiger partial charge in [-0.15, -0.1) is 0 Å². The summed E-state index contributed by atoms with van der Waals surface area (Å²) in [6.07, 6.45) is 7.55. The molecule has 0 saturated heterocycles. The summed E-state index contributed by atoms with van der Waals surface area (Å²) in [7, 11) is 0. The summed E-state index contributed by atoms with van der Waals surface area (Å²) in [4.78, 5) is 14.8. The molecule has 2 aliphatic rings. The minimum atomic E-state index is 0.371. The van der Waals surface area contributed by atoms with Gasteiger partial charge in [0.05, 0.1) is 0 Å². The van der Waals surface area contributed by atoms with Crippen molar-refractivity contribution in [2.45, 2.75) is 19.3 Å². The van der Waals surface area contributed by atoms with E-state index < -0.39 is 0 Å². The molecule has 1 heterocycles. The first kappa shape index (κ1) is 7.36. The number of hydrogen-bond donors (Lipinski definition) is 1. The summed E-state index contributed by atoms with van der Waals surface area (Å²) in [5.74, 6) is 2.23. The largest absolute Gasteiger partial charge is 0.367 e. The summed E-state index contributed by atoms with van der Waals surface area (Å²) < 4.78 is 0. The SMILES string of the molecule is O=C(c1cc[nH]c1)C1C2CCCC21. The lowest BCUT2D eigenvalue weighted by atomic mass is 10.0. The van der Waals surface area contributed by atoms with Gasteiger partial charge in [0.25, 0.3) is 0 Å². The fourth-order valence-corrected chi connectivity index (χ4v) is 2.88. The highest BCUT2D eigenvalue weighted by atomic mass is 16.1. The van der Waals surface area contributed by atoms with Gasteiger partial charge in [-0.25, -0.2) is 0 Å². The highest BCUT2D eigenvalue weighted by molar-refractivity contribution is 5.99. The third-order valence-corrected chi connectivity index (χ3v) is 3.59. The monoisotopic (exact) mass is 175 g/mol. The molecule has 3 rings (SSSR count). The summed E-state index contributed by atoms with van der Waals surface area (Å²) >= 11 is 0. The molecule has 0 aromatic carbocycles. The number of carbonyl (C=O) groups excluding carboxylic acids is 1. The molecule has 0 spiro atoms. The van der Waals surface area contributed by atoms with Crippen molar-refractivity contribution < 1.29 is 4.79 Å². The van der Waals surface area contributed by atoms with E-state index in [0.717, 1.165) is 17.4 Å². The van der Waals surface area contributed by atoms with Crippen molar-refractivity contribution in [1.82, 2.24) is 4.98 Å². The molecule has 2 atom stereocenters. The van der Waals surface area contributed by atoms with Gasteiger partial charge >= 0.3 is 0 Å². The lowest BCUT2D eigenvalue weighted by Crippen LogP contribution is -2.04. The van der Waals surface area contributed by atoms with Crippen LogP contribution in [0.4, 0.5) is 0 Å². The first-order chi connectivity index (χ1) is 6.38. The van der Waals surface area contributed by atoms with E-state index in [1.54, 1.807) is 0 Å². The molecule has 2 unspecified atom stereocenters. The van der Waals surface area contributed by atoms with Crippen LogP contribution in [-0.4, -0.2) is 10.8 Å². The molecule has 2 saturated carbocycles. The van der Waals surface area contributed by atoms with E-state index in [2.05, 4.69) is 4.98 Å². The molecule has 68 valence electrons. The van der Waals surface area contributed by atoms with Crippen LogP contribution in [0.5, 0.6) is 0 Å². The quantitative estimate of drug-likeness (QED) is 0.687. The Bertz CT molecular complexity index is 318. The lowest BCUT2D eigenvalue weighted by molar-refractivity contribution is 0.0952. The number of H-pyrrole nitrogens is 1. The van der Waals surface area contributed by atoms with Gasteiger partial charge in [0.1, 0.15) is 0 Å². The van der Waals surface area contributed by atoms with Gasteiger partial charge in [0.15, 0.2) is 5.78 Å². The van der Waals surface area contributed by atoms with Crippen molar-refractivity contribution in [3.8, 4) is 0 Å². The minimum absolute atomic E-state index is 0.371. The summed E-state index contributed by atoms with van der Waals surface area (Å²) in [5.41, 5.74) is 0.874. The number of hydrogen-bond acceptors (Lipinski definition) is 1. The fourth-order valence-electron chi connectivity index (χ4n) is 2.88. The molecule has 13 heavy (non-hydrogen) atoms. The van der Waals surface area contributed by atoms with E-state index in [9.17, 15) is 4.79 Å². The van der Waals surface area contributed by atoms with Crippen LogP contribution in [0.1, 0.15) is 29.6 Å². The van der Waals surface area contributed by atoms with E-state index in [4.69, 9.17) is 0 Å². The maximum absolute atomic E-state index is 11.9. The standard InChI is InChI=1S/C11H13NO/c13-11(7-4-5-12-6-7)10-8-2-1-3-9(8)10/h4-6,8-10,12H,1-3H2. The number of Topliss-reactive ketones (excluding diaryl/α,β-unsaturated/α-hetero) is 1. The molecule has 2 heteroatoms. The molecule has 2 aliphatic carbocycles. The predicted molar refractivity (Wildman–Crippen MR) is 49.4 cm³/mol.